The molecule has 0 aromatic carbocycles. The standard InChI is InChI=1S/C10H20N2O2/c1-4-5-6-7-10(12-11,8(2)13)9(3)14/h12H,4-7,11H2,1-3H3. The molecule has 4 nitrogen and oxygen atoms in total. The quantitative estimate of drug-likeness (QED) is 0.278. The monoisotopic (exact) mass is 200 g/mol. The predicted octanol–water partition coefficient (Wildman–Crippen LogP) is 0.947. The molecule has 3 N–H and O–H groups in total. The summed E-state index contributed by atoms with van der Waals surface area (Å²) >= 11 is 0. The van der Waals surface area contributed by atoms with E-state index in [1.165, 1.54) is 13.8 Å². The van der Waals surface area contributed by atoms with Crippen LogP contribution in [-0.2, 0) is 9.59 Å². The van der Waals surface area contributed by atoms with Gasteiger partial charge in [-0.1, -0.05) is 26.2 Å². The average molecular weight is 200 g/mol. The zero-order chi connectivity index (χ0) is 11.2. The molecule has 0 saturated heterocycles. The molecule has 0 bridgehead atoms. The molecule has 0 radical (unpaired) electrons. The van der Waals surface area contributed by atoms with Crippen molar-refractivity contribution in [1.82, 2.24) is 5.43 Å². The van der Waals surface area contributed by atoms with Gasteiger partial charge in [-0.15, -0.1) is 0 Å². The lowest BCUT2D eigenvalue weighted by molar-refractivity contribution is -0.134. The Bertz CT molecular complexity index is 200. The first-order valence-electron chi connectivity index (χ1n) is 5.01. The van der Waals surface area contributed by atoms with E-state index in [2.05, 4.69) is 12.3 Å². The van der Waals surface area contributed by atoms with Gasteiger partial charge in [-0.2, -0.15) is 0 Å². The summed E-state index contributed by atoms with van der Waals surface area (Å²) in [7, 11) is 0. The first-order valence-corrected chi connectivity index (χ1v) is 5.01. The van der Waals surface area contributed by atoms with Crippen molar-refractivity contribution >= 4 is 11.6 Å². The molecule has 0 aromatic heterocycles. The van der Waals surface area contributed by atoms with Gasteiger partial charge in [0.2, 0.25) is 0 Å². The highest BCUT2D eigenvalue weighted by molar-refractivity contribution is 6.09. The molecule has 0 rings (SSSR count). The zero-order valence-electron chi connectivity index (χ0n) is 9.22. The van der Waals surface area contributed by atoms with E-state index in [1.54, 1.807) is 0 Å². The minimum absolute atomic E-state index is 0.205. The minimum atomic E-state index is -1.16. The van der Waals surface area contributed by atoms with Crippen LogP contribution in [0.4, 0.5) is 0 Å². The molecule has 0 aliphatic heterocycles. The number of hydrazine groups is 1. The average Bonchev–Trinajstić information content (AvgIpc) is 2.11. The third-order valence-electron chi connectivity index (χ3n) is 2.60. The second kappa shape index (κ2) is 5.88. The third kappa shape index (κ3) is 2.89. The van der Waals surface area contributed by atoms with E-state index >= 15 is 0 Å². The Morgan fingerprint density at radius 3 is 2.00 bits per heavy atom. The van der Waals surface area contributed by atoms with Gasteiger partial charge in [-0.05, 0) is 20.3 Å². The maximum atomic E-state index is 11.4. The second-order valence-corrected chi connectivity index (χ2v) is 3.62. The topological polar surface area (TPSA) is 72.2 Å². The first kappa shape index (κ1) is 13.3. The third-order valence-corrected chi connectivity index (χ3v) is 2.60. The summed E-state index contributed by atoms with van der Waals surface area (Å²) in [6.45, 7) is 4.86. The summed E-state index contributed by atoms with van der Waals surface area (Å²) in [6, 6.07) is 0. The smallest absolute Gasteiger partial charge is 0.158 e. The van der Waals surface area contributed by atoms with Crippen molar-refractivity contribution in [1.29, 1.82) is 0 Å². The van der Waals surface area contributed by atoms with Crippen LogP contribution >= 0.6 is 0 Å². The highest BCUT2D eigenvalue weighted by atomic mass is 16.2. The van der Waals surface area contributed by atoms with Gasteiger partial charge in [0.05, 0.1) is 0 Å². The Morgan fingerprint density at radius 1 is 1.21 bits per heavy atom. The normalized spacial score (nSPS) is 11.4. The summed E-state index contributed by atoms with van der Waals surface area (Å²) < 4.78 is 0. The van der Waals surface area contributed by atoms with Crippen molar-refractivity contribution in [2.75, 3.05) is 0 Å². The van der Waals surface area contributed by atoms with Crippen LogP contribution in [0.25, 0.3) is 0 Å². The zero-order valence-corrected chi connectivity index (χ0v) is 9.22. The molecule has 14 heavy (non-hydrogen) atoms. The van der Waals surface area contributed by atoms with E-state index in [0.717, 1.165) is 19.3 Å². The maximum Gasteiger partial charge on any atom is 0.158 e. The van der Waals surface area contributed by atoms with Gasteiger partial charge < -0.3 is 0 Å². The van der Waals surface area contributed by atoms with Gasteiger partial charge >= 0.3 is 0 Å². The van der Waals surface area contributed by atoms with Crippen molar-refractivity contribution in [2.24, 2.45) is 5.84 Å². The lowest BCUT2D eigenvalue weighted by Crippen LogP contribution is -2.59. The Morgan fingerprint density at radius 2 is 1.71 bits per heavy atom. The van der Waals surface area contributed by atoms with Crippen molar-refractivity contribution in [3.8, 4) is 0 Å². The molecule has 0 fully saturated rings. The van der Waals surface area contributed by atoms with Crippen LogP contribution in [0.2, 0.25) is 0 Å². The number of ketones is 2. The molecule has 0 amide bonds. The molecule has 0 saturated carbocycles. The van der Waals surface area contributed by atoms with Crippen LogP contribution in [0.1, 0.15) is 46.5 Å². The summed E-state index contributed by atoms with van der Waals surface area (Å²) in [6.07, 6.45) is 3.38. The summed E-state index contributed by atoms with van der Waals surface area (Å²) in [4.78, 5) is 22.7. The second-order valence-electron chi connectivity index (χ2n) is 3.62. The van der Waals surface area contributed by atoms with E-state index in [9.17, 15) is 9.59 Å². The fraction of sp³-hybridized carbons (Fsp3) is 0.800. The summed E-state index contributed by atoms with van der Waals surface area (Å²) in [5, 5.41) is 0. The number of Topliss-reactive ketones (excluding diaryl/α,β-unsaturated/α-hetero) is 2. The van der Waals surface area contributed by atoms with Crippen LogP contribution < -0.4 is 11.3 Å². The fourth-order valence-corrected chi connectivity index (χ4v) is 1.52. The molecule has 0 spiro atoms. The Hall–Kier alpha value is -0.740. The molecule has 0 aromatic rings. The molecule has 0 aliphatic carbocycles. The predicted molar refractivity (Wildman–Crippen MR) is 55.6 cm³/mol. The number of hydrogen-bond acceptors (Lipinski definition) is 4. The van der Waals surface area contributed by atoms with Gasteiger partial charge in [-0.3, -0.25) is 15.4 Å². The number of unbranched alkanes of at least 4 members (excludes halogenated alkanes) is 2. The van der Waals surface area contributed by atoms with Gasteiger partial charge in [-0.25, -0.2) is 5.43 Å². The van der Waals surface area contributed by atoms with Crippen molar-refractivity contribution in [3.63, 3.8) is 0 Å². The van der Waals surface area contributed by atoms with E-state index in [-0.39, 0.29) is 11.6 Å². The highest BCUT2D eigenvalue weighted by Gasteiger charge is 2.38. The molecule has 82 valence electrons. The SMILES string of the molecule is CCCCCC(NN)(C(C)=O)C(C)=O. The summed E-state index contributed by atoms with van der Waals surface area (Å²) in [5.41, 5.74) is 1.22. The van der Waals surface area contributed by atoms with Crippen LogP contribution in [0.15, 0.2) is 0 Å². The van der Waals surface area contributed by atoms with Gasteiger partial charge in [0.1, 0.15) is 5.54 Å². The van der Waals surface area contributed by atoms with Crippen molar-refractivity contribution in [3.05, 3.63) is 0 Å². The maximum absolute atomic E-state index is 11.4. The number of carbonyl (C=O) groups excluding carboxylic acids is 2. The van der Waals surface area contributed by atoms with Crippen LogP contribution in [-0.4, -0.2) is 17.1 Å². The molecular formula is C10H20N2O2. The Balaban J connectivity index is 4.52. The number of nitrogens with one attached hydrogen (secondary N) is 1. The molecule has 0 unspecified atom stereocenters. The van der Waals surface area contributed by atoms with Crippen LogP contribution in [0, 0.1) is 0 Å². The van der Waals surface area contributed by atoms with Crippen LogP contribution in [0.5, 0.6) is 0 Å². The lowest BCUT2D eigenvalue weighted by Gasteiger charge is -2.27. The Labute approximate surface area is 85.2 Å². The van der Waals surface area contributed by atoms with Crippen molar-refractivity contribution in [2.45, 2.75) is 52.0 Å². The van der Waals surface area contributed by atoms with E-state index in [0.29, 0.717) is 6.42 Å². The van der Waals surface area contributed by atoms with E-state index < -0.39 is 5.54 Å². The number of nitrogens with two attached hydrogens (primary N) is 1. The van der Waals surface area contributed by atoms with E-state index in [4.69, 9.17) is 5.84 Å². The first-order chi connectivity index (χ1) is 6.51. The highest BCUT2D eigenvalue weighted by Crippen LogP contribution is 2.17. The minimum Gasteiger partial charge on any atom is -0.297 e. The molecular weight excluding hydrogens is 180 g/mol. The lowest BCUT2D eigenvalue weighted by atomic mass is 9.85. The molecule has 0 heterocycles. The molecule has 4 heteroatoms. The molecule has 0 atom stereocenters. The van der Waals surface area contributed by atoms with E-state index in [1.807, 2.05) is 0 Å². The number of hydrogen-bond donors (Lipinski definition) is 2. The summed E-state index contributed by atoms with van der Waals surface area (Å²) in [5.74, 6) is 4.89. The van der Waals surface area contributed by atoms with Gasteiger partial charge in [0, 0.05) is 0 Å². The van der Waals surface area contributed by atoms with Gasteiger partial charge in [0.15, 0.2) is 11.6 Å². The largest absolute Gasteiger partial charge is 0.297 e. The Kier molecular flexibility index (Phi) is 5.57. The van der Waals surface area contributed by atoms with Gasteiger partial charge in [0.25, 0.3) is 0 Å². The van der Waals surface area contributed by atoms with Crippen LogP contribution in [0.3, 0.4) is 0 Å². The fourth-order valence-electron chi connectivity index (χ4n) is 1.52. The number of rotatable bonds is 7. The number of carbonyl (C=O) groups is 2. The van der Waals surface area contributed by atoms with Crippen molar-refractivity contribution < 1.29 is 9.59 Å². The molecule has 0 aliphatic rings.